The third kappa shape index (κ3) is 3.48. The lowest BCUT2D eigenvalue weighted by atomic mass is 9.57. The van der Waals surface area contributed by atoms with Crippen molar-refractivity contribution in [2.24, 2.45) is 0 Å². The van der Waals surface area contributed by atoms with Gasteiger partial charge in [-0.2, -0.15) is 0 Å². The van der Waals surface area contributed by atoms with Crippen LogP contribution in [0.5, 0.6) is 0 Å². The second kappa shape index (κ2) is 8.44. The summed E-state index contributed by atoms with van der Waals surface area (Å²) in [6.07, 6.45) is 3.79. The van der Waals surface area contributed by atoms with Crippen LogP contribution in [0.4, 0.5) is 10.5 Å². The minimum Gasteiger partial charge on any atom is -0.446 e. The molecule has 0 spiro atoms. The quantitative estimate of drug-likeness (QED) is 0.360. The molecule has 1 amide bonds. The first-order valence-corrected chi connectivity index (χ1v) is 15.5. The van der Waals surface area contributed by atoms with Crippen LogP contribution < -0.4 is 10.5 Å². The lowest BCUT2D eigenvalue weighted by Gasteiger charge is -2.64. The van der Waals surface area contributed by atoms with Crippen molar-refractivity contribution in [3.8, 4) is 0 Å². The molecular formula is C28H30BrNO2Si. The van der Waals surface area contributed by atoms with Crippen LogP contribution in [0.1, 0.15) is 31.2 Å². The molecule has 5 rings (SSSR count). The maximum absolute atomic E-state index is 13.0. The molecule has 3 aromatic rings. The molecule has 2 fully saturated rings. The van der Waals surface area contributed by atoms with E-state index in [4.69, 9.17) is 4.74 Å². The third-order valence-electron chi connectivity index (χ3n) is 8.46. The molecule has 3 atom stereocenters. The number of carbonyl (C=O) groups is 1. The monoisotopic (exact) mass is 519 g/mol. The number of carbonyl (C=O) groups excluding carboxylic acids is 1. The first-order chi connectivity index (χ1) is 15.9. The number of fused-ring (bicyclic) bond motifs is 1. The predicted molar refractivity (Wildman–Crippen MR) is 141 cm³/mol. The van der Waals surface area contributed by atoms with Crippen LogP contribution in [-0.4, -0.2) is 20.3 Å². The van der Waals surface area contributed by atoms with Crippen LogP contribution >= 0.6 is 15.9 Å². The van der Waals surface area contributed by atoms with E-state index in [9.17, 15) is 4.79 Å². The van der Waals surface area contributed by atoms with E-state index >= 15 is 0 Å². The van der Waals surface area contributed by atoms with Crippen LogP contribution in [0.2, 0.25) is 18.1 Å². The lowest BCUT2D eigenvalue weighted by molar-refractivity contribution is 0.0378. The van der Waals surface area contributed by atoms with Gasteiger partial charge in [-0.25, -0.2) is 4.79 Å². The van der Waals surface area contributed by atoms with Gasteiger partial charge in [0.05, 0.1) is 8.07 Å². The minimum atomic E-state index is -2.04. The summed E-state index contributed by atoms with van der Waals surface area (Å²) < 4.78 is 7.29. The largest absolute Gasteiger partial charge is 0.446 e. The molecule has 0 aliphatic heterocycles. The van der Waals surface area contributed by atoms with Gasteiger partial charge >= 0.3 is 6.09 Å². The zero-order valence-corrected chi connectivity index (χ0v) is 21.8. The zero-order valence-electron chi connectivity index (χ0n) is 19.2. The van der Waals surface area contributed by atoms with Gasteiger partial charge in [0.25, 0.3) is 0 Å². The van der Waals surface area contributed by atoms with E-state index in [1.54, 1.807) is 0 Å². The van der Waals surface area contributed by atoms with Crippen LogP contribution in [0.25, 0.3) is 0 Å². The molecule has 0 unspecified atom stereocenters. The Bertz CT molecular complexity index is 1140. The SMILES string of the molecule is C[Si](C)(c1ccccc1)[C@@]12CC[C@]1(c1ccccc1)CC[C@@H]2OC(=O)Nc1ccc(Br)cc1. The van der Waals surface area contributed by atoms with E-state index in [-0.39, 0.29) is 22.7 Å². The second-order valence-electron chi connectivity index (χ2n) is 9.98. The highest BCUT2D eigenvalue weighted by molar-refractivity contribution is 9.10. The summed E-state index contributed by atoms with van der Waals surface area (Å²) in [5, 5.41) is 4.36. The standard InChI is InChI=1S/C28H30BrNO2Si/c1-33(2,24-11-7-4-8-12-24)28-20-19-27(28,21-9-5-3-6-10-21)18-17-25(28)32-26(31)30-23-15-13-22(29)14-16-23/h3-16,25H,17-20H2,1-2H3,(H,30,31)/t25-,27-,28+/m0/s1. The molecule has 170 valence electrons. The number of amides is 1. The van der Waals surface area contributed by atoms with Crippen molar-refractivity contribution < 1.29 is 9.53 Å². The average Bonchev–Trinajstić information content (AvgIpc) is 3.03. The van der Waals surface area contributed by atoms with Crippen molar-refractivity contribution in [3.05, 3.63) is 95.0 Å². The number of rotatable bonds is 5. The molecule has 2 saturated carbocycles. The summed E-state index contributed by atoms with van der Waals surface area (Å²) >= 11 is 3.44. The molecule has 5 heteroatoms. The Kier molecular flexibility index (Phi) is 5.74. The van der Waals surface area contributed by atoms with Gasteiger partial charge in [-0.1, -0.05) is 94.9 Å². The fourth-order valence-corrected chi connectivity index (χ4v) is 12.0. The van der Waals surface area contributed by atoms with Gasteiger partial charge in [0.2, 0.25) is 0 Å². The minimum absolute atomic E-state index is 0.0280. The highest BCUT2D eigenvalue weighted by Crippen LogP contribution is 2.76. The molecule has 2 aliphatic carbocycles. The van der Waals surface area contributed by atoms with Crippen molar-refractivity contribution >= 4 is 41.0 Å². The Morgan fingerprint density at radius 3 is 2.15 bits per heavy atom. The number of ether oxygens (including phenoxy) is 1. The molecular weight excluding hydrogens is 490 g/mol. The number of anilines is 1. The molecule has 3 nitrogen and oxygen atoms in total. The molecule has 0 heterocycles. The van der Waals surface area contributed by atoms with Crippen molar-refractivity contribution in [3.63, 3.8) is 0 Å². The number of benzene rings is 3. The van der Waals surface area contributed by atoms with E-state index in [1.807, 2.05) is 24.3 Å². The molecule has 3 aromatic carbocycles. The summed E-state index contributed by atoms with van der Waals surface area (Å²) in [6, 6.07) is 29.5. The maximum Gasteiger partial charge on any atom is 0.411 e. The van der Waals surface area contributed by atoms with Crippen molar-refractivity contribution in [2.75, 3.05) is 5.32 Å². The third-order valence-corrected chi connectivity index (χ3v) is 14.0. The number of hydrogen-bond acceptors (Lipinski definition) is 2. The fraction of sp³-hybridized carbons (Fsp3) is 0.321. The summed E-state index contributed by atoms with van der Waals surface area (Å²) in [5.41, 5.74) is 2.23. The molecule has 0 bridgehead atoms. The van der Waals surface area contributed by atoms with E-state index in [1.165, 1.54) is 10.8 Å². The first kappa shape index (κ1) is 22.4. The molecule has 33 heavy (non-hydrogen) atoms. The molecule has 0 saturated heterocycles. The van der Waals surface area contributed by atoms with Crippen molar-refractivity contribution in [2.45, 2.75) is 55.3 Å². The van der Waals surface area contributed by atoms with Gasteiger partial charge in [-0.3, -0.25) is 5.32 Å². The van der Waals surface area contributed by atoms with E-state index < -0.39 is 8.07 Å². The summed E-state index contributed by atoms with van der Waals surface area (Å²) in [4.78, 5) is 13.0. The van der Waals surface area contributed by atoms with E-state index in [0.717, 1.165) is 35.8 Å². The van der Waals surface area contributed by atoms with Crippen LogP contribution in [0.15, 0.2) is 89.4 Å². The van der Waals surface area contributed by atoms with Gasteiger partial charge in [0.15, 0.2) is 0 Å². The Hall–Kier alpha value is -2.37. The number of halogens is 1. The Balaban J connectivity index is 1.51. The number of hydrogen-bond donors (Lipinski definition) is 1. The van der Waals surface area contributed by atoms with Crippen LogP contribution in [0.3, 0.4) is 0 Å². The fourth-order valence-electron chi connectivity index (χ4n) is 6.84. The van der Waals surface area contributed by atoms with Gasteiger partial charge < -0.3 is 4.74 Å². The van der Waals surface area contributed by atoms with E-state index in [0.29, 0.717) is 0 Å². The van der Waals surface area contributed by atoms with Gasteiger partial charge in [0.1, 0.15) is 6.10 Å². The highest BCUT2D eigenvalue weighted by Gasteiger charge is 2.74. The average molecular weight is 521 g/mol. The molecule has 1 N–H and O–H groups in total. The predicted octanol–water partition coefficient (Wildman–Crippen LogP) is 7.25. The summed E-state index contributed by atoms with van der Waals surface area (Å²) in [7, 11) is -2.04. The Morgan fingerprint density at radius 1 is 0.909 bits per heavy atom. The number of nitrogens with one attached hydrogen (secondary N) is 1. The Morgan fingerprint density at radius 2 is 1.55 bits per heavy atom. The van der Waals surface area contributed by atoms with Crippen molar-refractivity contribution in [1.29, 1.82) is 0 Å². The molecule has 2 aliphatic rings. The Labute approximate surface area is 205 Å². The molecule has 0 aromatic heterocycles. The topological polar surface area (TPSA) is 38.3 Å². The van der Waals surface area contributed by atoms with Crippen molar-refractivity contribution in [1.82, 2.24) is 0 Å². The van der Waals surface area contributed by atoms with Crippen LogP contribution in [0, 0.1) is 0 Å². The van der Waals surface area contributed by atoms with Gasteiger partial charge in [0, 0.05) is 20.6 Å². The summed E-state index contributed by atoms with van der Waals surface area (Å²) in [5.74, 6) is 0. The highest BCUT2D eigenvalue weighted by atomic mass is 79.9. The smallest absolute Gasteiger partial charge is 0.411 e. The van der Waals surface area contributed by atoms with Gasteiger partial charge in [-0.05, 0) is 55.5 Å². The van der Waals surface area contributed by atoms with E-state index in [2.05, 4.69) is 95.0 Å². The maximum atomic E-state index is 13.0. The summed E-state index contributed by atoms with van der Waals surface area (Å²) in [6.45, 7) is 4.96. The molecule has 0 radical (unpaired) electrons. The lowest BCUT2D eigenvalue weighted by Crippen LogP contribution is -2.68. The first-order valence-electron chi connectivity index (χ1n) is 11.7. The normalized spacial score (nSPS) is 26.2. The zero-order chi connectivity index (χ0) is 23.1. The van der Waals surface area contributed by atoms with Crippen LogP contribution in [-0.2, 0) is 10.2 Å². The van der Waals surface area contributed by atoms with Gasteiger partial charge in [-0.15, -0.1) is 0 Å². The second-order valence-corrected chi connectivity index (χ2v) is 15.6.